The van der Waals surface area contributed by atoms with Crippen LogP contribution in [0.1, 0.15) is 20.8 Å². The summed E-state index contributed by atoms with van der Waals surface area (Å²) in [5, 5.41) is 12.6. The normalized spacial score (nSPS) is 15.6. The van der Waals surface area contributed by atoms with Crippen molar-refractivity contribution in [1.29, 1.82) is 0 Å². The average molecular weight is 218 g/mol. The molecule has 0 aromatic carbocycles. The van der Waals surface area contributed by atoms with Gasteiger partial charge in [-0.2, -0.15) is 0 Å². The van der Waals surface area contributed by atoms with Gasteiger partial charge < -0.3 is 20.1 Å². The summed E-state index contributed by atoms with van der Waals surface area (Å²) in [5.41, 5.74) is -0.318. The second-order valence-electron chi connectivity index (χ2n) is 4.11. The van der Waals surface area contributed by atoms with E-state index in [4.69, 9.17) is 4.74 Å². The summed E-state index contributed by atoms with van der Waals surface area (Å²) in [6, 6.07) is 0. The molecule has 0 radical (unpaired) electrons. The van der Waals surface area contributed by atoms with Crippen molar-refractivity contribution >= 4 is 0 Å². The second-order valence-corrected chi connectivity index (χ2v) is 4.11. The van der Waals surface area contributed by atoms with Crippen molar-refractivity contribution in [1.82, 2.24) is 10.2 Å². The fraction of sp³-hybridized carbons (Fsp3) is 1.00. The number of ether oxygens (including phenoxy) is 1. The first-order chi connectivity index (χ1) is 7.11. The summed E-state index contributed by atoms with van der Waals surface area (Å²) in [7, 11) is 1.65. The molecule has 0 saturated heterocycles. The molecule has 0 rings (SSSR count). The van der Waals surface area contributed by atoms with Crippen molar-refractivity contribution in [2.45, 2.75) is 26.3 Å². The summed E-state index contributed by atoms with van der Waals surface area (Å²) in [5.74, 6) is 0. The van der Waals surface area contributed by atoms with E-state index in [0.717, 1.165) is 26.2 Å². The van der Waals surface area contributed by atoms with E-state index in [1.807, 2.05) is 6.92 Å². The quantitative estimate of drug-likeness (QED) is 0.585. The largest absolute Gasteiger partial charge is 0.394 e. The Morgan fingerprint density at radius 1 is 1.33 bits per heavy atom. The summed E-state index contributed by atoms with van der Waals surface area (Å²) in [4.78, 5) is 2.34. The average Bonchev–Trinajstić information content (AvgIpc) is 2.25. The minimum Gasteiger partial charge on any atom is -0.394 e. The first-order valence-corrected chi connectivity index (χ1v) is 5.69. The summed E-state index contributed by atoms with van der Waals surface area (Å²) < 4.78 is 5.07. The molecular formula is C11H26N2O2. The highest BCUT2D eigenvalue weighted by molar-refractivity contribution is 4.82. The van der Waals surface area contributed by atoms with Gasteiger partial charge in [0, 0.05) is 20.2 Å². The zero-order valence-electron chi connectivity index (χ0n) is 10.5. The number of likely N-dealkylation sites (N-methyl/N-ethyl adjacent to an activating group) is 1. The van der Waals surface area contributed by atoms with Crippen LogP contribution in [0.2, 0.25) is 0 Å². The van der Waals surface area contributed by atoms with Gasteiger partial charge in [0.05, 0.1) is 18.8 Å². The molecule has 4 heteroatoms. The zero-order valence-corrected chi connectivity index (χ0v) is 10.5. The van der Waals surface area contributed by atoms with Crippen LogP contribution in [0.15, 0.2) is 0 Å². The predicted octanol–water partition coefficient (Wildman–Crippen LogP) is 0.315. The van der Waals surface area contributed by atoms with E-state index in [0.29, 0.717) is 6.61 Å². The van der Waals surface area contributed by atoms with Crippen LogP contribution < -0.4 is 5.32 Å². The molecule has 1 unspecified atom stereocenters. The summed E-state index contributed by atoms with van der Waals surface area (Å²) >= 11 is 0. The number of nitrogens with one attached hydrogen (secondary N) is 1. The number of methoxy groups -OCH3 is 1. The van der Waals surface area contributed by atoms with E-state index in [2.05, 4.69) is 24.1 Å². The van der Waals surface area contributed by atoms with Crippen molar-refractivity contribution in [3.8, 4) is 0 Å². The maximum absolute atomic E-state index is 9.24. The highest BCUT2D eigenvalue weighted by Gasteiger charge is 2.22. The monoisotopic (exact) mass is 218 g/mol. The molecule has 0 saturated carbocycles. The lowest BCUT2D eigenvalue weighted by Gasteiger charge is -2.29. The molecule has 0 heterocycles. The van der Waals surface area contributed by atoms with Crippen molar-refractivity contribution in [3.63, 3.8) is 0 Å². The van der Waals surface area contributed by atoms with Crippen LogP contribution in [0.3, 0.4) is 0 Å². The van der Waals surface area contributed by atoms with Crippen LogP contribution in [-0.4, -0.2) is 62.0 Å². The SMILES string of the molecule is CCN(CC)CCNC(C)(CO)COC. The second kappa shape index (κ2) is 8.05. The molecule has 0 amide bonds. The van der Waals surface area contributed by atoms with Crippen LogP contribution in [0.4, 0.5) is 0 Å². The van der Waals surface area contributed by atoms with Gasteiger partial charge in [-0.25, -0.2) is 0 Å². The Hall–Kier alpha value is -0.160. The van der Waals surface area contributed by atoms with Crippen molar-refractivity contribution < 1.29 is 9.84 Å². The minimum absolute atomic E-state index is 0.0963. The van der Waals surface area contributed by atoms with Crippen molar-refractivity contribution in [2.24, 2.45) is 0 Å². The number of hydrogen-bond acceptors (Lipinski definition) is 4. The lowest BCUT2D eigenvalue weighted by atomic mass is 10.1. The highest BCUT2D eigenvalue weighted by Crippen LogP contribution is 2.02. The fourth-order valence-corrected chi connectivity index (χ4v) is 1.53. The van der Waals surface area contributed by atoms with E-state index in [1.165, 1.54) is 0 Å². The van der Waals surface area contributed by atoms with E-state index in [1.54, 1.807) is 7.11 Å². The van der Waals surface area contributed by atoms with Gasteiger partial charge in [0.2, 0.25) is 0 Å². The first-order valence-electron chi connectivity index (χ1n) is 5.69. The van der Waals surface area contributed by atoms with Gasteiger partial charge in [0.25, 0.3) is 0 Å². The standard InChI is InChI=1S/C11H26N2O2/c1-5-13(6-2)8-7-12-11(3,9-14)10-15-4/h12,14H,5-10H2,1-4H3. The van der Waals surface area contributed by atoms with Gasteiger partial charge in [0.15, 0.2) is 0 Å². The molecule has 1 atom stereocenters. The zero-order chi connectivity index (χ0) is 11.7. The van der Waals surface area contributed by atoms with Gasteiger partial charge in [-0.3, -0.25) is 0 Å². The third-order valence-electron chi connectivity index (χ3n) is 2.69. The lowest BCUT2D eigenvalue weighted by molar-refractivity contribution is 0.0716. The van der Waals surface area contributed by atoms with Crippen molar-refractivity contribution in [3.05, 3.63) is 0 Å². The molecule has 0 aliphatic heterocycles. The molecule has 0 aromatic heterocycles. The van der Waals surface area contributed by atoms with Gasteiger partial charge in [0.1, 0.15) is 0 Å². The molecule has 0 aliphatic rings. The first kappa shape index (κ1) is 14.8. The van der Waals surface area contributed by atoms with Gasteiger partial charge in [-0.05, 0) is 20.0 Å². The van der Waals surface area contributed by atoms with E-state index in [-0.39, 0.29) is 12.1 Å². The number of aliphatic hydroxyl groups excluding tert-OH is 1. The topological polar surface area (TPSA) is 44.7 Å². The maximum Gasteiger partial charge on any atom is 0.0664 e. The van der Waals surface area contributed by atoms with Gasteiger partial charge in [-0.15, -0.1) is 0 Å². The molecular weight excluding hydrogens is 192 g/mol. The third kappa shape index (κ3) is 6.10. The molecule has 0 aromatic rings. The van der Waals surface area contributed by atoms with Crippen LogP contribution in [0.5, 0.6) is 0 Å². The Morgan fingerprint density at radius 3 is 2.33 bits per heavy atom. The number of nitrogens with zero attached hydrogens (tertiary/aromatic N) is 1. The van der Waals surface area contributed by atoms with Crippen LogP contribution in [-0.2, 0) is 4.74 Å². The summed E-state index contributed by atoms with van der Waals surface area (Å²) in [6.45, 7) is 10.9. The van der Waals surface area contributed by atoms with Gasteiger partial charge in [-0.1, -0.05) is 13.8 Å². The fourth-order valence-electron chi connectivity index (χ4n) is 1.53. The lowest BCUT2D eigenvalue weighted by Crippen LogP contribution is -2.51. The molecule has 0 fully saturated rings. The maximum atomic E-state index is 9.24. The molecule has 0 spiro atoms. The molecule has 92 valence electrons. The molecule has 4 nitrogen and oxygen atoms in total. The Kier molecular flexibility index (Phi) is 7.96. The molecule has 0 bridgehead atoms. The molecule has 15 heavy (non-hydrogen) atoms. The Morgan fingerprint density at radius 2 is 1.93 bits per heavy atom. The number of rotatable bonds is 9. The minimum atomic E-state index is -0.318. The van der Waals surface area contributed by atoms with E-state index in [9.17, 15) is 5.11 Å². The van der Waals surface area contributed by atoms with E-state index >= 15 is 0 Å². The molecule has 2 N–H and O–H groups in total. The Bertz CT molecular complexity index is 152. The third-order valence-corrected chi connectivity index (χ3v) is 2.69. The predicted molar refractivity (Wildman–Crippen MR) is 63.2 cm³/mol. The summed E-state index contributed by atoms with van der Waals surface area (Å²) in [6.07, 6.45) is 0. The molecule has 0 aliphatic carbocycles. The van der Waals surface area contributed by atoms with Crippen LogP contribution in [0, 0.1) is 0 Å². The van der Waals surface area contributed by atoms with Crippen LogP contribution in [0.25, 0.3) is 0 Å². The van der Waals surface area contributed by atoms with E-state index < -0.39 is 0 Å². The number of aliphatic hydroxyl groups is 1. The highest BCUT2D eigenvalue weighted by atomic mass is 16.5. The van der Waals surface area contributed by atoms with Gasteiger partial charge >= 0.3 is 0 Å². The Labute approximate surface area is 93.6 Å². The smallest absolute Gasteiger partial charge is 0.0664 e. The number of hydrogen-bond donors (Lipinski definition) is 2. The Balaban J connectivity index is 3.80. The van der Waals surface area contributed by atoms with Crippen LogP contribution >= 0.6 is 0 Å². The van der Waals surface area contributed by atoms with Crippen molar-refractivity contribution in [2.75, 3.05) is 46.5 Å².